The minimum Gasteiger partial charge on any atom is -0.344 e. The zero-order chi connectivity index (χ0) is 9.14. The molecule has 12 heavy (non-hydrogen) atoms. The van der Waals surface area contributed by atoms with E-state index in [-0.39, 0.29) is 5.91 Å². The summed E-state index contributed by atoms with van der Waals surface area (Å²) < 4.78 is 9.41. The summed E-state index contributed by atoms with van der Waals surface area (Å²) in [5, 5.41) is 0. The first-order valence-corrected chi connectivity index (χ1v) is 4.87. The smallest absolute Gasteiger partial charge is 0.263 e. The van der Waals surface area contributed by atoms with Crippen molar-refractivity contribution in [2.45, 2.75) is 4.21 Å². The van der Waals surface area contributed by atoms with Gasteiger partial charge in [-0.15, -0.1) is 11.3 Å². The Balaban J connectivity index is 2.82. The van der Waals surface area contributed by atoms with Crippen LogP contribution in [0.15, 0.2) is 16.3 Å². The molecule has 0 saturated heterocycles. The lowest BCUT2D eigenvalue weighted by molar-refractivity contribution is 0.0832. The largest absolute Gasteiger partial charge is 0.344 e. The number of rotatable bonds is 2. The molecular formula is C7H9NO2S2. The van der Waals surface area contributed by atoms with Crippen molar-refractivity contribution >= 4 is 29.3 Å². The molecule has 0 aliphatic carbocycles. The van der Waals surface area contributed by atoms with E-state index in [2.05, 4.69) is 0 Å². The number of thiophene rings is 1. The molecule has 3 nitrogen and oxygen atoms in total. The summed E-state index contributed by atoms with van der Waals surface area (Å²) in [7, 11) is 3.40. The van der Waals surface area contributed by atoms with Crippen LogP contribution in [-0.2, 0) is 0 Å². The normalized spacial score (nSPS) is 9.92. The van der Waals surface area contributed by atoms with E-state index >= 15 is 0 Å². The van der Waals surface area contributed by atoms with Crippen LogP contribution in [0.1, 0.15) is 9.67 Å². The Morgan fingerprint density at radius 2 is 2.25 bits per heavy atom. The summed E-state index contributed by atoms with van der Waals surface area (Å²) in [4.78, 5) is 13.5. The molecule has 1 amide bonds. The van der Waals surface area contributed by atoms with Crippen LogP contribution < -0.4 is 0 Å². The SMILES string of the molecule is CN(C)C(=O)c1ccc(SO)s1. The summed E-state index contributed by atoms with van der Waals surface area (Å²) in [5.41, 5.74) is 0. The van der Waals surface area contributed by atoms with E-state index in [1.165, 1.54) is 16.2 Å². The first-order chi connectivity index (χ1) is 5.65. The molecule has 1 aromatic rings. The highest BCUT2D eigenvalue weighted by molar-refractivity contribution is 7.95. The van der Waals surface area contributed by atoms with Crippen LogP contribution in [0.25, 0.3) is 0 Å². The van der Waals surface area contributed by atoms with E-state index < -0.39 is 0 Å². The zero-order valence-corrected chi connectivity index (χ0v) is 8.41. The highest BCUT2D eigenvalue weighted by Crippen LogP contribution is 2.25. The molecule has 0 aliphatic heterocycles. The number of carbonyl (C=O) groups excluding carboxylic acids is 1. The first-order valence-electron chi connectivity index (χ1n) is 3.28. The molecule has 66 valence electrons. The van der Waals surface area contributed by atoms with Crippen molar-refractivity contribution in [1.29, 1.82) is 0 Å². The van der Waals surface area contributed by atoms with Gasteiger partial charge in [-0.05, 0) is 12.1 Å². The van der Waals surface area contributed by atoms with Gasteiger partial charge in [0.05, 0.1) is 9.09 Å². The lowest BCUT2D eigenvalue weighted by Crippen LogP contribution is -2.20. The van der Waals surface area contributed by atoms with Crippen molar-refractivity contribution in [2.24, 2.45) is 0 Å². The standard InChI is InChI=1S/C7H9NO2S2/c1-8(2)7(9)5-3-4-6(11-5)12-10/h3-4,10H,1-2H3. The van der Waals surface area contributed by atoms with Crippen molar-refractivity contribution in [1.82, 2.24) is 4.90 Å². The van der Waals surface area contributed by atoms with E-state index in [4.69, 9.17) is 4.55 Å². The highest BCUT2D eigenvalue weighted by atomic mass is 32.2. The third-order valence-corrected chi connectivity index (χ3v) is 2.95. The quantitative estimate of drug-likeness (QED) is 0.747. The van der Waals surface area contributed by atoms with Gasteiger partial charge in [0, 0.05) is 26.1 Å². The molecule has 0 aliphatic rings. The van der Waals surface area contributed by atoms with Gasteiger partial charge in [-0.3, -0.25) is 4.79 Å². The molecule has 0 aromatic carbocycles. The molecule has 0 spiro atoms. The Morgan fingerprint density at radius 3 is 2.67 bits per heavy atom. The minimum absolute atomic E-state index is 0.0275. The fourth-order valence-corrected chi connectivity index (χ4v) is 2.01. The second-order valence-electron chi connectivity index (χ2n) is 2.41. The molecule has 0 fully saturated rings. The van der Waals surface area contributed by atoms with Crippen LogP contribution in [0.2, 0.25) is 0 Å². The highest BCUT2D eigenvalue weighted by Gasteiger charge is 2.10. The average Bonchev–Trinajstić information content (AvgIpc) is 2.50. The maximum absolute atomic E-state index is 11.3. The molecule has 0 atom stereocenters. The first kappa shape index (κ1) is 9.57. The maximum Gasteiger partial charge on any atom is 0.263 e. The third kappa shape index (κ3) is 2.00. The van der Waals surface area contributed by atoms with Crippen molar-refractivity contribution in [3.05, 3.63) is 17.0 Å². The number of hydrogen-bond donors (Lipinski definition) is 1. The Kier molecular flexibility index (Phi) is 3.13. The molecule has 0 unspecified atom stereocenters. The van der Waals surface area contributed by atoms with Crippen LogP contribution in [0.5, 0.6) is 0 Å². The summed E-state index contributed by atoms with van der Waals surface area (Å²) in [6.45, 7) is 0. The Labute approximate surface area is 79.2 Å². The van der Waals surface area contributed by atoms with Gasteiger partial charge < -0.3 is 9.45 Å². The monoisotopic (exact) mass is 203 g/mol. The number of carbonyl (C=O) groups is 1. The van der Waals surface area contributed by atoms with E-state index in [0.717, 1.165) is 4.21 Å². The van der Waals surface area contributed by atoms with Crippen LogP contribution in [0.3, 0.4) is 0 Å². The van der Waals surface area contributed by atoms with Gasteiger partial charge in [-0.2, -0.15) is 0 Å². The van der Waals surface area contributed by atoms with Crippen LogP contribution in [0, 0.1) is 0 Å². The van der Waals surface area contributed by atoms with Crippen molar-refractivity contribution in [3.63, 3.8) is 0 Å². The van der Waals surface area contributed by atoms with Gasteiger partial charge in [0.2, 0.25) is 0 Å². The van der Waals surface area contributed by atoms with Crippen molar-refractivity contribution in [2.75, 3.05) is 14.1 Å². The fourth-order valence-electron chi connectivity index (χ4n) is 0.705. The van der Waals surface area contributed by atoms with Crippen molar-refractivity contribution in [3.8, 4) is 0 Å². The maximum atomic E-state index is 11.3. The molecule has 1 rings (SSSR count). The Hall–Kier alpha value is -0.520. The van der Waals surface area contributed by atoms with E-state index in [1.807, 2.05) is 0 Å². The fraction of sp³-hybridized carbons (Fsp3) is 0.286. The Morgan fingerprint density at radius 1 is 1.58 bits per heavy atom. The van der Waals surface area contributed by atoms with Gasteiger partial charge in [-0.1, -0.05) is 0 Å². The lowest BCUT2D eigenvalue weighted by atomic mass is 10.4. The van der Waals surface area contributed by atoms with Gasteiger partial charge in [0.25, 0.3) is 5.91 Å². The Bertz CT molecular complexity index is 283. The van der Waals surface area contributed by atoms with E-state index in [9.17, 15) is 4.79 Å². The predicted molar refractivity (Wildman–Crippen MR) is 50.8 cm³/mol. The number of nitrogens with zero attached hydrogens (tertiary/aromatic N) is 1. The molecule has 5 heteroatoms. The zero-order valence-electron chi connectivity index (χ0n) is 6.77. The summed E-state index contributed by atoms with van der Waals surface area (Å²) in [6.07, 6.45) is 0. The van der Waals surface area contributed by atoms with Crippen LogP contribution in [0.4, 0.5) is 0 Å². The van der Waals surface area contributed by atoms with Crippen LogP contribution in [-0.4, -0.2) is 29.5 Å². The molecule has 1 N–H and O–H groups in total. The molecular weight excluding hydrogens is 194 g/mol. The predicted octanol–water partition coefficient (Wildman–Crippen LogP) is 2.02. The summed E-state index contributed by atoms with van der Waals surface area (Å²) in [5.74, 6) is -0.0275. The van der Waals surface area contributed by atoms with E-state index in [1.54, 1.807) is 26.2 Å². The topological polar surface area (TPSA) is 40.5 Å². The average molecular weight is 203 g/mol. The minimum atomic E-state index is -0.0275. The molecule has 0 radical (unpaired) electrons. The second kappa shape index (κ2) is 3.93. The van der Waals surface area contributed by atoms with E-state index in [0.29, 0.717) is 16.9 Å². The van der Waals surface area contributed by atoms with Crippen molar-refractivity contribution < 1.29 is 9.35 Å². The number of hydrogen-bond acceptors (Lipinski definition) is 4. The summed E-state index contributed by atoms with van der Waals surface area (Å²) in [6, 6.07) is 3.44. The lowest BCUT2D eigenvalue weighted by Gasteiger charge is -2.06. The molecule has 1 heterocycles. The van der Waals surface area contributed by atoms with Gasteiger partial charge in [-0.25, -0.2) is 0 Å². The summed E-state index contributed by atoms with van der Waals surface area (Å²) >= 11 is 1.96. The van der Waals surface area contributed by atoms with Gasteiger partial charge >= 0.3 is 0 Å². The molecule has 0 saturated carbocycles. The number of amides is 1. The second-order valence-corrected chi connectivity index (χ2v) is 4.37. The van der Waals surface area contributed by atoms with Gasteiger partial charge in [0.15, 0.2) is 0 Å². The third-order valence-electron chi connectivity index (χ3n) is 1.29. The van der Waals surface area contributed by atoms with Crippen LogP contribution >= 0.6 is 23.4 Å². The molecule has 0 bridgehead atoms. The van der Waals surface area contributed by atoms with Gasteiger partial charge in [0.1, 0.15) is 0 Å². The molecule has 1 aromatic heterocycles.